The van der Waals surface area contributed by atoms with Crippen LogP contribution in [0.1, 0.15) is 5.56 Å². The SMILES string of the molecule is Clc1nnc(Cl)c(NCc2ccc(-c3ccn[nH]3)cc2)n1. The molecular formula is C13H10Cl2N6. The first-order valence-corrected chi connectivity index (χ1v) is 6.86. The van der Waals surface area contributed by atoms with Crippen LogP contribution in [0.5, 0.6) is 0 Å². The molecule has 0 aliphatic carbocycles. The fraction of sp³-hybridized carbons (Fsp3) is 0.0769. The van der Waals surface area contributed by atoms with Gasteiger partial charge >= 0.3 is 0 Å². The highest BCUT2D eigenvalue weighted by molar-refractivity contribution is 6.32. The Labute approximate surface area is 130 Å². The van der Waals surface area contributed by atoms with E-state index in [9.17, 15) is 0 Å². The van der Waals surface area contributed by atoms with Crippen LogP contribution in [0, 0.1) is 0 Å². The summed E-state index contributed by atoms with van der Waals surface area (Å²) in [6.45, 7) is 0.554. The van der Waals surface area contributed by atoms with Gasteiger partial charge in [0.2, 0.25) is 5.28 Å². The van der Waals surface area contributed by atoms with Crippen molar-refractivity contribution < 1.29 is 0 Å². The van der Waals surface area contributed by atoms with Gasteiger partial charge in [-0.25, -0.2) is 0 Å². The Kier molecular flexibility index (Phi) is 3.98. The molecule has 0 aliphatic heterocycles. The number of benzene rings is 1. The number of hydrogen-bond acceptors (Lipinski definition) is 5. The van der Waals surface area contributed by atoms with E-state index in [-0.39, 0.29) is 10.4 Å². The van der Waals surface area contributed by atoms with E-state index < -0.39 is 0 Å². The fourth-order valence-electron chi connectivity index (χ4n) is 1.81. The lowest BCUT2D eigenvalue weighted by Gasteiger charge is -2.07. The second-order valence-electron chi connectivity index (χ2n) is 4.24. The van der Waals surface area contributed by atoms with E-state index in [1.165, 1.54) is 0 Å². The van der Waals surface area contributed by atoms with Crippen LogP contribution in [0.4, 0.5) is 5.82 Å². The van der Waals surface area contributed by atoms with Crippen molar-refractivity contribution in [1.82, 2.24) is 25.4 Å². The molecule has 0 spiro atoms. The molecule has 3 rings (SSSR count). The van der Waals surface area contributed by atoms with E-state index in [4.69, 9.17) is 23.2 Å². The molecule has 0 fully saturated rings. The van der Waals surface area contributed by atoms with Crippen LogP contribution in [-0.4, -0.2) is 25.4 Å². The van der Waals surface area contributed by atoms with Gasteiger partial charge in [0.25, 0.3) is 0 Å². The molecule has 0 unspecified atom stereocenters. The number of aromatic amines is 1. The Bertz CT molecular complexity index is 727. The summed E-state index contributed by atoms with van der Waals surface area (Å²) < 4.78 is 0. The van der Waals surface area contributed by atoms with Crippen LogP contribution in [0.3, 0.4) is 0 Å². The van der Waals surface area contributed by atoms with E-state index in [0.717, 1.165) is 16.8 Å². The van der Waals surface area contributed by atoms with Crippen molar-refractivity contribution >= 4 is 29.0 Å². The zero-order valence-corrected chi connectivity index (χ0v) is 12.2. The van der Waals surface area contributed by atoms with Crippen molar-refractivity contribution in [1.29, 1.82) is 0 Å². The zero-order chi connectivity index (χ0) is 14.7. The summed E-state index contributed by atoms with van der Waals surface area (Å²) in [5, 5.41) is 17.4. The summed E-state index contributed by atoms with van der Waals surface area (Å²) in [6, 6.07) is 9.96. The lowest BCUT2D eigenvalue weighted by Crippen LogP contribution is -2.04. The van der Waals surface area contributed by atoms with Gasteiger partial charge in [0.05, 0.1) is 5.69 Å². The van der Waals surface area contributed by atoms with Gasteiger partial charge in [-0.15, -0.1) is 10.2 Å². The Morgan fingerprint density at radius 1 is 1.05 bits per heavy atom. The summed E-state index contributed by atoms with van der Waals surface area (Å²) >= 11 is 11.6. The molecule has 0 saturated carbocycles. The number of hydrogen-bond donors (Lipinski definition) is 2. The highest BCUT2D eigenvalue weighted by Gasteiger charge is 2.06. The molecule has 6 nitrogen and oxygen atoms in total. The van der Waals surface area contributed by atoms with Crippen LogP contribution < -0.4 is 5.32 Å². The van der Waals surface area contributed by atoms with Crippen LogP contribution in [0.15, 0.2) is 36.5 Å². The van der Waals surface area contributed by atoms with Crippen molar-refractivity contribution in [2.24, 2.45) is 0 Å². The van der Waals surface area contributed by atoms with Gasteiger partial charge < -0.3 is 5.32 Å². The van der Waals surface area contributed by atoms with Gasteiger partial charge in [-0.3, -0.25) is 5.10 Å². The van der Waals surface area contributed by atoms with E-state index in [2.05, 4.69) is 30.7 Å². The van der Waals surface area contributed by atoms with Crippen LogP contribution >= 0.6 is 23.2 Å². The van der Waals surface area contributed by atoms with Crippen LogP contribution in [0.25, 0.3) is 11.3 Å². The first kappa shape index (κ1) is 13.8. The Morgan fingerprint density at radius 2 is 1.86 bits per heavy atom. The number of nitrogens with zero attached hydrogens (tertiary/aromatic N) is 4. The monoisotopic (exact) mass is 320 g/mol. The first-order chi connectivity index (χ1) is 10.2. The fourth-order valence-corrected chi connectivity index (χ4v) is 2.08. The van der Waals surface area contributed by atoms with Gasteiger partial charge in [-0.2, -0.15) is 10.1 Å². The number of nitrogens with one attached hydrogen (secondary N) is 2. The maximum absolute atomic E-state index is 5.89. The topological polar surface area (TPSA) is 79.4 Å². The first-order valence-electron chi connectivity index (χ1n) is 6.10. The lowest BCUT2D eigenvalue weighted by atomic mass is 10.1. The molecule has 0 aliphatic rings. The van der Waals surface area contributed by atoms with E-state index in [1.807, 2.05) is 30.3 Å². The average molecular weight is 321 g/mol. The number of halogens is 2. The van der Waals surface area contributed by atoms with Crippen LogP contribution in [-0.2, 0) is 6.54 Å². The van der Waals surface area contributed by atoms with E-state index in [1.54, 1.807) is 6.20 Å². The Balaban J connectivity index is 1.70. The van der Waals surface area contributed by atoms with Gasteiger partial charge in [0, 0.05) is 12.7 Å². The third-order valence-corrected chi connectivity index (χ3v) is 3.26. The maximum atomic E-state index is 5.89. The molecule has 0 radical (unpaired) electrons. The predicted molar refractivity (Wildman–Crippen MR) is 81.2 cm³/mol. The van der Waals surface area contributed by atoms with Gasteiger partial charge in [-0.1, -0.05) is 35.9 Å². The molecule has 3 aromatic rings. The van der Waals surface area contributed by atoms with Crippen molar-refractivity contribution in [3.63, 3.8) is 0 Å². The molecular weight excluding hydrogens is 311 g/mol. The molecule has 2 N–H and O–H groups in total. The largest absolute Gasteiger partial charge is 0.363 e. The molecule has 21 heavy (non-hydrogen) atoms. The minimum absolute atomic E-state index is 0.0523. The summed E-state index contributed by atoms with van der Waals surface area (Å²) in [6.07, 6.45) is 1.72. The molecule has 0 amide bonds. The predicted octanol–water partition coefficient (Wildman–Crippen LogP) is 3.18. The molecule has 0 bridgehead atoms. The summed E-state index contributed by atoms with van der Waals surface area (Å²) in [7, 11) is 0. The third-order valence-electron chi connectivity index (χ3n) is 2.85. The van der Waals surface area contributed by atoms with Crippen molar-refractivity contribution in [3.05, 3.63) is 52.5 Å². The highest BCUT2D eigenvalue weighted by atomic mass is 35.5. The molecule has 2 heterocycles. The second kappa shape index (κ2) is 6.07. The van der Waals surface area contributed by atoms with Crippen LogP contribution in [0.2, 0.25) is 10.4 Å². The molecule has 106 valence electrons. The minimum atomic E-state index is 0.0523. The quantitative estimate of drug-likeness (QED) is 0.771. The Morgan fingerprint density at radius 3 is 2.57 bits per heavy atom. The summed E-state index contributed by atoms with van der Waals surface area (Å²) in [4.78, 5) is 3.98. The zero-order valence-electron chi connectivity index (χ0n) is 10.7. The summed E-state index contributed by atoms with van der Waals surface area (Å²) in [5.41, 5.74) is 3.12. The van der Waals surface area contributed by atoms with Crippen molar-refractivity contribution in [2.45, 2.75) is 6.54 Å². The molecule has 8 heteroatoms. The number of aromatic nitrogens is 5. The molecule has 0 saturated heterocycles. The molecule has 2 aromatic heterocycles. The van der Waals surface area contributed by atoms with E-state index in [0.29, 0.717) is 12.4 Å². The Hall–Kier alpha value is -2.18. The smallest absolute Gasteiger partial charge is 0.245 e. The number of anilines is 1. The number of H-pyrrole nitrogens is 1. The second-order valence-corrected chi connectivity index (χ2v) is 4.94. The standard InChI is InChI=1S/C13H10Cl2N6/c14-11-12(18-13(15)21-20-11)16-7-8-1-3-9(4-2-8)10-5-6-17-19-10/h1-6H,7H2,(H,17,19)(H,16,18,21). The molecule has 1 aromatic carbocycles. The van der Waals surface area contributed by atoms with E-state index >= 15 is 0 Å². The lowest BCUT2D eigenvalue weighted by molar-refractivity contribution is 0.958. The average Bonchev–Trinajstić information content (AvgIpc) is 3.03. The summed E-state index contributed by atoms with van der Waals surface area (Å²) in [5.74, 6) is 0.411. The van der Waals surface area contributed by atoms with Gasteiger partial charge in [-0.05, 0) is 28.8 Å². The van der Waals surface area contributed by atoms with Gasteiger partial charge in [0.15, 0.2) is 11.0 Å². The highest BCUT2D eigenvalue weighted by Crippen LogP contribution is 2.19. The molecule has 0 atom stereocenters. The third kappa shape index (κ3) is 3.29. The van der Waals surface area contributed by atoms with Crippen molar-refractivity contribution in [3.8, 4) is 11.3 Å². The number of rotatable bonds is 4. The normalized spacial score (nSPS) is 10.6. The minimum Gasteiger partial charge on any atom is -0.363 e. The van der Waals surface area contributed by atoms with Crippen molar-refractivity contribution in [2.75, 3.05) is 5.32 Å². The van der Waals surface area contributed by atoms with Gasteiger partial charge in [0.1, 0.15) is 0 Å². The maximum Gasteiger partial charge on any atom is 0.245 e.